The van der Waals surface area contributed by atoms with E-state index in [9.17, 15) is 4.79 Å². The number of aliphatic hydroxyl groups is 1. The highest BCUT2D eigenvalue weighted by Gasteiger charge is 2.15. The fraction of sp³-hybridized carbons (Fsp3) is 0.100. The van der Waals surface area contributed by atoms with Crippen molar-refractivity contribution in [3.63, 3.8) is 0 Å². The number of ketones is 1. The SMILES string of the molecule is O=C(c1cncnc1)c1cc(CO)c(Cl)s1. The largest absolute Gasteiger partial charge is 0.392 e. The number of thiophene rings is 1. The number of nitrogens with zero attached hydrogens (tertiary/aromatic N) is 2. The molecule has 0 bridgehead atoms. The zero-order valence-corrected chi connectivity index (χ0v) is 9.63. The summed E-state index contributed by atoms with van der Waals surface area (Å²) in [5, 5.41) is 8.97. The lowest BCUT2D eigenvalue weighted by molar-refractivity contribution is 0.104. The summed E-state index contributed by atoms with van der Waals surface area (Å²) in [6.45, 7) is -0.173. The Bertz CT molecular complexity index is 513. The highest BCUT2D eigenvalue weighted by Crippen LogP contribution is 2.29. The molecular formula is C10H7ClN2O2S. The molecular weight excluding hydrogens is 248 g/mol. The van der Waals surface area contributed by atoms with Gasteiger partial charge in [-0.25, -0.2) is 9.97 Å². The molecule has 4 nitrogen and oxygen atoms in total. The lowest BCUT2D eigenvalue weighted by Gasteiger charge is -1.94. The Morgan fingerprint density at radius 1 is 1.44 bits per heavy atom. The van der Waals surface area contributed by atoms with Crippen LogP contribution in [0.3, 0.4) is 0 Å². The van der Waals surface area contributed by atoms with Crippen LogP contribution >= 0.6 is 22.9 Å². The summed E-state index contributed by atoms with van der Waals surface area (Å²) in [6.07, 6.45) is 4.25. The highest BCUT2D eigenvalue weighted by molar-refractivity contribution is 7.18. The molecule has 0 saturated heterocycles. The van der Waals surface area contributed by atoms with E-state index in [1.54, 1.807) is 6.07 Å². The van der Waals surface area contributed by atoms with E-state index in [2.05, 4.69) is 9.97 Å². The first-order valence-corrected chi connectivity index (χ1v) is 5.60. The van der Waals surface area contributed by atoms with Crippen molar-refractivity contribution in [3.8, 4) is 0 Å². The van der Waals surface area contributed by atoms with Crippen molar-refractivity contribution in [2.45, 2.75) is 6.61 Å². The molecule has 0 unspecified atom stereocenters. The van der Waals surface area contributed by atoms with Gasteiger partial charge in [0.05, 0.1) is 21.4 Å². The van der Waals surface area contributed by atoms with Crippen molar-refractivity contribution in [1.82, 2.24) is 9.97 Å². The zero-order valence-electron chi connectivity index (χ0n) is 8.05. The van der Waals surface area contributed by atoms with Crippen LogP contribution in [0.15, 0.2) is 24.8 Å². The Morgan fingerprint density at radius 2 is 2.12 bits per heavy atom. The quantitative estimate of drug-likeness (QED) is 0.850. The molecule has 0 aromatic carbocycles. The second-order valence-electron chi connectivity index (χ2n) is 3.02. The number of aromatic nitrogens is 2. The molecule has 2 rings (SSSR count). The monoisotopic (exact) mass is 254 g/mol. The number of rotatable bonds is 3. The van der Waals surface area contributed by atoms with Crippen molar-refractivity contribution in [3.05, 3.63) is 45.1 Å². The highest BCUT2D eigenvalue weighted by atomic mass is 35.5. The van der Waals surface area contributed by atoms with E-state index in [1.165, 1.54) is 18.7 Å². The zero-order chi connectivity index (χ0) is 11.5. The topological polar surface area (TPSA) is 63.1 Å². The minimum atomic E-state index is -0.188. The van der Waals surface area contributed by atoms with Gasteiger partial charge in [-0.2, -0.15) is 0 Å². The van der Waals surface area contributed by atoms with Gasteiger partial charge >= 0.3 is 0 Å². The molecule has 2 aromatic heterocycles. The number of halogens is 1. The molecule has 16 heavy (non-hydrogen) atoms. The first-order chi connectivity index (χ1) is 7.72. The van der Waals surface area contributed by atoms with Crippen LogP contribution in [0.1, 0.15) is 20.8 Å². The van der Waals surface area contributed by atoms with Gasteiger partial charge in [0.25, 0.3) is 0 Å². The minimum absolute atomic E-state index is 0.173. The maximum Gasteiger partial charge on any atom is 0.206 e. The predicted molar refractivity (Wildman–Crippen MR) is 60.7 cm³/mol. The molecule has 6 heteroatoms. The van der Waals surface area contributed by atoms with Gasteiger partial charge in [-0.1, -0.05) is 11.6 Å². The van der Waals surface area contributed by atoms with Crippen molar-refractivity contribution < 1.29 is 9.90 Å². The second kappa shape index (κ2) is 4.69. The minimum Gasteiger partial charge on any atom is -0.392 e. The Kier molecular flexibility index (Phi) is 3.28. The van der Waals surface area contributed by atoms with E-state index < -0.39 is 0 Å². The van der Waals surface area contributed by atoms with Gasteiger partial charge in [0, 0.05) is 18.0 Å². The fourth-order valence-electron chi connectivity index (χ4n) is 1.18. The average molecular weight is 255 g/mol. The summed E-state index contributed by atoms with van der Waals surface area (Å²) in [4.78, 5) is 19.9. The summed E-state index contributed by atoms with van der Waals surface area (Å²) < 4.78 is 0.433. The van der Waals surface area contributed by atoms with E-state index in [4.69, 9.17) is 16.7 Å². The predicted octanol–water partition coefficient (Wildman–Crippen LogP) is 1.91. The first-order valence-electron chi connectivity index (χ1n) is 4.41. The molecule has 0 aliphatic rings. The molecule has 0 aliphatic carbocycles. The van der Waals surface area contributed by atoms with Crippen molar-refractivity contribution in [2.75, 3.05) is 0 Å². The lowest BCUT2D eigenvalue weighted by atomic mass is 10.2. The first kappa shape index (κ1) is 11.2. The van der Waals surface area contributed by atoms with Crippen LogP contribution in [0.2, 0.25) is 4.34 Å². The van der Waals surface area contributed by atoms with Gasteiger partial charge < -0.3 is 5.11 Å². The van der Waals surface area contributed by atoms with E-state index in [0.29, 0.717) is 20.3 Å². The number of carbonyl (C=O) groups is 1. The Hall–Kier alpha value is -1.30. The molecule has 0 fully saturated rings. The van der Waals surface area contributed by atoms with Gasteiger partial charge in [-0.3, -0.25) is 4.79 Å². The summed E-state index contributed by atoms with van der Waals surface area (Å²) in [6, 6.07) is 1.59. The second-order valence-corrected chi connectivity index (χ2v) is 4.68. The van der Waals surface area contributed by atoms with Crippen LogP contribution in [0.4, 0.5) is 0 Å². The van der Waals surface area contributed by atoms with Crippen molar-refractivity contribution >= 4 is 28.7 Å². The van der Waals surface area contributed by atoms with E-state index in [-0.39, 0.29) is 12.4 Å². The number of hydrogen-bond acceptors (Lipinski definition) is 5. The molecule has 1 N–H and O–H groups in total. The van der Waals surface area contributed by atoms with Crippen LogP contribution in [0, 0.1) is 0 Å². The molecule has 0 amide bonds. The van der Waals surface area contributed by atoms with Crippen LogP contribution in [0.25, 0.3) is 0 Å². The molecule has 0 saturated carbocycles. The van der Waals surface area contributed by atoms with Crippen molar-refractivity contribution in [2.24, 2.45) is 0 Å². The maximum atomic E-state index is 11.9. The Labute approximate surface area is 101 Å². The molecule has 82 valence electrons. The number of hydrogen-bond donors (Lipinski definition) is 1. The van der Waals surface area contributed by atoms with Gasteiger partial charge in [0.1, 0.15) is 6.33 Å². The van der Waals surface area contributed by atoms with E-state index in [1.807, 2.05) is 0 Å². The van der Waals surface area contributed by atoms with Gasteiger partial charge in [0.2, 0.25) is 5.78 Å². The smallest absolute Gasteiger partial charge is 0.206 e. The van der Waals surface area contributed by atoms with Crippen LogP contribution in [0.5, 0.6) is 0 Å². The van der Waals surface area contributed by atoms with Crippen LogP contribution < -0.4 is 0 Å². The van der Waals surface area contributed by atoms with Crippen LogP contribution in [-0.2, 0) is 6.61 Å². The maximum absolute atomic E-state index is 11.9. The third kappa shape index (κ3) is 2.11. The molecule has 0 spiro atoms. The normalized spacial score (nSPS) is 10.4. The van der Waals surface area contributed by atoms with Gasteiger partial charge in [-0.05, 0) is 6.07 Å². The van der Waals surface area contributed by atoms with E-state index in [0.717, 1.165) is 11.3 Å². The molecule has 0 atom stereocenters. The number of carbonyl (C=O) groups excluding carboxylic acids is 1. The summed E-state index contributed by atoms with van der Waals surface area (Å²) >= 11 is 6.99. The molecule has 0 aliphatic heterocycles. The lowest BCUT2D eigenvalue weighted by Crippen LogP contribution is -1.99. The third-order valence-corrected chi connectivity index (χ3v) is 3.41. The van der Waals surface area contributed by atoms with Crippen LogP contribution in [-0.4, -0.2) is 20.9 Å². The average Bonchev–Trinajstić information content (AvgIpc) is 2.71. The summed E-state index contributed by atoms with van der Waals surface area (Å²) in [5.41, 5.74) is 0.969. The fourth-order valence-corrected chi connectivity index (χ4v) is 2.41. The Balaban J connectivity index is 2.35. The summed E-state index contributed by atoms with van der Waals surface area (Å²) in [5.74, 6) is -0.188. The standard InChI is InChI=1S/C10H7ClN2O2S/c11-10-6(4-14)1-8(16-10)9(15)7-2-12-5-13-3-7/h1-3,5,14H,4H2. The van der Waals surface area contributed by atoms with Gasteiger partial charge in [0.15, 0.2) is 0 Å². The van der Waals surface area contributed by atoms with E-state index >= 15 is 0 Å². The molecule has 2 aromatic rings. The number of aliphatic hydroxyl groups excluding tert-OH is 1. The third-order valence-electron chi connectivity index (χ3n) is 1.97. The van der Waals surface area contributed by atoms with Crippen molar-refractivity contribution in [1.29, 1.82) is 0 Å². The molecule has 2 heterocycles. The summed E-state index contributed by atoms with van der Waals surface area (Å²) in [7, 11) is 0. The Morgan fingerprint density at radius 3 is 2.69 bits per heavy atom. The molecule has 0 radical (unpaired) electrons. The van der Waals surface area contributed by atoms with Gasteiger partial charge in [-0.15, -0.1) is 11.3 Å².